The molecule has 1 atom stereocenters. The number of urea groups is 1. The minimum atomic E-state index is -0.309. The molecular formula is C21H24FN5O. The van der Waals surface area contributed by atoms with Gasteiger partial charge in [-0.15, -0.1) is 0 Å². The number of benzene rings is 2. The first-order valence-corrected chi connectivity index (χ1v) is 9.05. The maximum absolute atomic E-state index is 13.6. The van der Waals surface area contributed by atoms with Crippen molar-refractivity contribution >= 4 is 11.7 Å². The number of carbonyl (C=O) groups is 1. The molecule has 1 aromatic heterocycles. The first-order chi connectivity index (χ1) is 13.5. The lowest BCUT2D eigenvalue weighted by Gasteiger charge is -2.25. The number of aromatic nitrogens is 2. The van der Waals surface area contributed by atoms with Crippen LogP contribution < -0.4 is 10.6 Å². The molecule has 146 valence electrons. The smallest absolute Gasteiger partial charge is 0.319 e. The molecule has 28 heavy (non-hydrogen) atoms. The van der Waals surface area contributed by atoms with Crippen molar-refractivity contribution in [3.63, 3.8) is 0 Å². The highest BCUT2D eigenvalue weighted by Crippen LogP contribution is 2.19. The van der Waals surface area contributed by atoms with Crippen molar-refractivity contribution in [3.05, 3.63) is 83.9 Å². The lowest BCUT2D eigenvalue weighted by atomic mass is 10.1. The fourth-order valence-corrected chi connectivity index (χ4v) is 3.02. The Bertz CT molecular complexity index is 911. The molecule has 1 heterocycles. The van der Waals surface area contributed by atoms with Crippen molar-refractivity contribution in [2.24, 2.45) is 0 Å². The number of carbonyl (C=O) groups excluding carboxylic acids is 1. The average Bonchev–Trinajstić information content (AvgIpc) is 3.16. The number of halogens is 1. The molecule has 0 saturated carbocycles. The molecule has 7 heteroatoms. The van der Waals surface area contributed by atoms with Gasteiger partial charge in [-0.25, -0.2) is 9.18 Å². The van der Waals surface area contributed by atoms with Gasteiger partial charge in [0, 0.05) is 24.6 Å². The molecule has 3 aromatic rings. The summed E-state index contributed by atoms with van der Waals surface area (Å²) in [5.74, 6) is -0.290. The molecule has 0 aliphatic carbocycles. The Morgan fingerprint density at radius 2 is 2.00 bits per heavy atom. The Morgan fingerprint density at radius 1 is 1.18 bits per heavy atom. The standard InChI is InChI=1S/C21H24FN5O/c1-26(2)20(16-8-5-9-18(22)13-16)14-23-21(28)25-19-10-4-3-7-17(19)15-27-12-6-11-24-27/h3-13,20H,14-15H2,1-2H3,(H2,23,25,28). The van der Waals surface area contributed by atoms with Crippen molar-refractivity contribution in [3.8, 4) is 0 Å². The number of likely N-dealkylation sites (N-methyl/N-ethyl adjacent to an activating group) is 1. The van der Waals surface area contributed by atoms with Gasteiger partial charge in [-0.2, -0.15) is 5.10 Å². The van der Waals surface area contributed by atoms with E-state index in [1.54, 1.807) is 16.9 Å². The molecule has 6 nitrogen and oxygen atoms in total. The highest BCUT2D eigenvalue weighted by atomic mass is 19.1. The van der Waals surface area contributed by atoms with E-state index in [2.05, 4.69) is 15.7 Å². The van der Waals surface area contributed by atoms with Gasteiger partial charge in [0.2, 0.25) is 0 Å². The summed E-state index contributed by atoms with van der Waals surface area (Å²) in [6.45, 7) is 0.913. The van der Waals surface area contributed by atoms with E-state index >= 15 is 0 Å². The zero-order valence-corrected chi connectivity index (χ0v) is 16.0. The molecule has 0 bridgehead atoms. The molecule has 1 unspecified atom stereocenters. The van der Waals surface area contributed by atoms with Crippen LogP contribution in [0, 0.1) is 5.82 Å². The van der Waals surface area contributed by atoms with Gasteiger partial charge in [-0.3, -0.25) is 4.68 Å². The third kappa shape index (κ3) is 5.17. The lowest BCUT2D eigenvalue weighted by molar-refractivity contribution is 0.243. The fourth-order valence-electron chi connectivity index (χ4n) is 3.02. The van der Waals surface area contributed by atoms with Crippen molar-refractivity contribution in [1.29, 1.82) is 0 Å². The van der Waals surface area contributed by atoms with Crippen molar-refractivity contribution < 1.29 is 9.18 Å². The Labute approximate surface area is 164 Å². The molecule has 2 amide bonds. The van der Waals surface area contributed by atoms with Gasteiger partial charge in [-0.1, -0.05) is 30.3 Å². The molecule has 0 saturated heterocycles. The second-order valence-corrected chi connectivity index (χ2v) is 6.73. The van der Waals surface area contributed by atoms with Gasteiger partial charge in [0.15, 0.2) is 0 Å². The monoisotopic (exact) mass is 381 g/mol. The van der Waals surface area contributed by atoms with E-state index in [-0.39, 0.29) is 17.9 Å². The Morgan fingerprint density at radius 3 is 2.71 bits per heavy atom. The van der Waals surface area contributed by atoms with Crippen LogP contribution in [0.1, 0.15) is 17.2 Å². The third-order valence-corrected chi connectivity index (χ3v) is 4.47. The van der Waals surface area contributed by atoms with Gasteiger partial charge < -0.3 is 15.5 Å². The molecule has 0 fully saturated rings. The highest BCUT2D eigenvalue weighted by molar-refractivity contribution is 5.90. The fraction of sp³-hybridized carbons (Fsp3) is 0.238. The van der Waals surface area contributed by atoms with Crippen molar-refractivity contribution in [1.82, 2.24) is 20.0 Å². The average molecular weight is 381 g/mol. The summed E-state index contributed by atoms with van der Waals surface area (Å²) in [7, 11) is 3.79. The van der Waals surface area contributed by atoms with E-state index < -0.39 is 0 Å². The van der Waals surface area contributed by atoms with Crippen LogP contribution in [-0.2, 0) is 6.54 Å². The normalized spacial score (nSPS) is 12.0. The van der Waals surface area contributed by atoms with Crippen molar-refractivity contribution in [2.75, 3.05) is 26.0 Å². The van der Waals surface area contributed by atoms with Crippen LogP contribution in [0.4, 0.5) is 14.9 Å². The summed E-state index contributed by atoms with van der Waals surface area (Å²) >= 11 is 0. The molecule has 0 aliphatic heterocycles. The zero-order chi connectivity index (χ0) is 19.9. The summed E-state index contributed by atoms with van der Waals surface area (Å²) in [6.07, 6.45) is 3.59. The van der Waals surface area contributed by atoms with Crippen LogP contribution in [-0.4, -0.2) is 41.4 Å². The van der Waals surface area contributed by atoms with E-state index in [1.807, 2.05) is 61.6 Å². The first kappa shape index (κ1) is 19.6. The van der Waals surface area contributed by atoms with Gasteiger partial charge in [0.25, 0.3) is 0 Å². The minimum absolute atomic E-state index is 0.138. The van der Waals surface area contributed by atoms with E-state index in [9.17, 15) is 9.18 Å². The summed E-state index contributed by atoms with van der Waals surface area (Å²) in [5, 5.41) is 9.98. The van der Waals surface area contributed by atoms with E-state index in [4.69, 9.17) is 0 Å². The molecule has 2 N–H and O–H groups in total. The quantitative estimate of drug-likeness (QED) is 0.659. The molecular weight excluding hydrogens is 357 g/mol. The number of hydrogen-bond acceptors (Lipinski definition) is 3. The molecule has 0 aliphatic rings. The van der Waals surface area contributed by atoms with Gasteiger partial charge in [-0.05, 0) is 49.5 Å². The number of para-hydroxylation sites is 1. The third-order valence-electron chi connectivity index (χ3n) is 4.47. The van der Waals surface area contributed by atoms with Gasteiger partial charge in [0.05, 0.1) is 12.6 Å². The zero-order valence-electron chi connectivity index (χ0n) is 16.0. The number of nitrogens with one attached hydrogen (secondary N) is 2. The largest absolute Gasteiger partial charge is 0.336 e. The highest BCUT2D eigenvalue weighted by Gasteiger charge is 2.16. The predicted octanol–water partition coefficient (Wildman–Crippen LogP) is 3.49. The summed E-state index contributed by atoms with van der Waals surface area (Å²) in [6, 6.07) is 15.4. The van der Waals surface area contributed by atoms with Crippen LogP contribution in [0.5, 0.6) is 0 Å². The Kier molecular flexibility index (Phi) is 6.39. The van der Waals surface area contributed by atoms with Crippen molar-refractivity contribution in [2.45, 2.75) is 12.6 Å². The van der Waals surface area contributed by atoms with Gasteiger partial charge >= 0.3 is 6.03 Å². The summed E-state index contributed by atoms with van der Waals surface area (Å²) < 4.78 is 15.3. The first-order valence-electron chi connectivity index (χ1n) is 9.05. The minimum Gasteiger partial charge on any atom is -0.336 e. The van der Waals surface area contributed by atoms with E-state index in [0.717, 1.165) is 16.8 Å². The molecule has 0 radical (unpaired) electrons. The van der Waals surface area contributed by atoms with Crippen LogP contribution in [0.25, 0.3) is 0 Å². The number of amides is 2. The topological polar surface area (TPSA) is 62.2 Å². The number of rotatable bonds is 7. The van der Waals surface area contributed by atoms with E-state index in [1.165, 1.54) is 12.1 Å². The maximum atomic E-state index is 13.6. The number of anilines is 1. The summed E-state index contributed by atoms with van der Waals surface area (Å²) in [4.78, 5) is 14.4. The van der Waals surface area contributed by atoms with Crippen LogP contribution in [0.2, 0.25) is 0 Å². The number of nitrogens with zero attached hydrogens (tertiary/aromatic N) is 3. The van der Waals surface area contributed by atoms with Crippen LogP contribution in [0.3, 0.4) is 0 Å². The molecule has 2 aromatic carbocycles. The second kappa shape index (κ2) is 9.14. The Hall–Kier alpha value is -3.19. The second-order valence-electron chi connectivity index (χ2n) is 6.73. The SMILES string of the molecule is CN(C)C(CNC(=O)Nc1ccccc1Cn1cccn1)c1cccc(F)c1. The molecule has 3 rings (SSSR count). The van der Waals surface area contributed by atoms with Gasteiger partial charge in [0.1, 0.15) is 5.82 Å². The van der Waals surface area contributed by atoms with Crippen LogP contribution in [0.15, 0.2) is 67.0 Å². The Balaban J connectivity index is 1.64. The maximum Gasteiger partial charge on any atom is 0.319 e. The summed E-state index contributed by atoms with van der Waals surface area (Å²) in [5.41, 5.74) is 2.49. The predicted molar refractivity (Wildman–Crippen MR) is 108 cm³/mol. The lowest BCUT2D eigenvalue weighted by Crippen LogP contribution is -2.37. The molecule has 0 spiro atoms. The van der Waals surface area contributed by atoms with E-state index in [0.29, 0.717) is 13.1 Å². The number of hydrogen-bond donors (Lipinski definition) is 2. The van der Waals surface area contributed by atoms with Crippen LogP contribution >= 0.6 is 0 Å².